The van der Waals surface area contributed by atoms with E-state index in [9.17, 15) is 0 Å². The van der Waals surface area contributed by atoms with Crippen LogP contribution in [0.4, 0.5) is 17.1 Å². The minimum Gasteiger partial charge on any atom is -0.456 e. The van der Waals surface area contributed by atoms with Gasteiger partial charge < -0.3 is 9.32 Å². The van der Waals surface area contributed by atoms with Crippen LogP contribution in [0.1, 0.15) is 0 Å². The van der Waals surface area contributed by atoms with Crippen LogP contribution in [-0.2, 0) is 0 Å². The lowest BCUT2D eigenvalue weighted by molar-refractivity contribution is 0.669. The van der Waals surface area contributed by atoms with Crippen LogP contribution in [0.5, 0.6) is 0 Å². The fraction of sp³-hybridized carbons (Fsp3) is 0. The average molecular weight is 588 g/mol. The highest BCUT2D eigenvalue weighted by molar-refractivity contribution is 6.22. The van der Waals surface area contributed by atoms with Crippen molar-refractivity contribution in [2.24, 2.45) is 0 Å². The van der Waals surface area contributed by atoms with Crippen LogP contribution in [-0.4, -0.2) is 0 Å². The SMILES string of the molecule is c1ccc(N(c2ccc(-c3cccc4ccccc34)cc2)c2ccc(-c3cc4oc5ccccc5c4c4ccccc34)cc2)cc1. The smallest absolute Gasteiger partial charge is 0.136 e. The Bertz CT molecular complexity index is 2500. The highest BCUT2D eigenvalue weighted by Crippen LogP contribution is 2.42. The van der Waals surface area contributed by atoms with Gasteiger partial charge in [0, 0.05) is 27.8 Å². The Hall–Kier alpha value is -6.12. The average Bonchev–Trinajstić information content (AvgIpc) is 3.51. The molecule has 0 N–H and O–H groups in total. The molecule has 0 radical (unpaired) electrons. The Morgan fingerprint density at radius 2 is 0.891 bits per heavy atom. The zero-order valence-electron chi connectivity index (χ0n) is 25.1. The molecule has 2 heteroatoms. The first-order chi connectivity index (χ1) is 22.8. The summed E-state index contributed by atoms with van der Waals surface area (Å²) >= 11 is 0. The summed E-state index contributed by atoms with van der Waals surface area (Å²) < 4.78 is 6.36. The van der Waals surface area contributed by atoms with E-state index in [0.29, 0.717) is 0 Å². The molecule has 0 aliphatic rings. The molecule has 46 heavy (non-hydrogen) atoms. The molecule has 0 saturated heterocycles. The van der Waals surface area contributed by atoms with Gasteiger partial charge in [0.2, 0.25) is 0 Å². The van der Waals surface area contributed by atoms with Crippen LogP contribution in [0.2, 0.25) is 0 Å². The van der Waals surface area contributed by atoms with Crippen LogP contribution >= 0.6 is 0 Å². The molecule has 1 heterocycles. The van der Waals surface area contributed by atoms with Gasteiger partial charge in [0.15, 0.2) is 0 Å². The van der Waals surface area contributed by atoms with Crippen LogP contribution < -0.4 is 4.90 Å². The van der Waals surface area contributed by atoms with Crippen molar-refractivity contribution in [3.63, 3.8) is 0 Å². The molecule has 9 aromatic rings. The van der Waals surface area contributed by atoms with Crippen LogP contribution in [0, 0.1) is 0 Å². The van der Waals surface area contributed by atoms with Gasteiger partial charge in [-0.2, -0.15) is 0 Å². The van der Waals surface area contributed by atoms with E-state index in [1.54, 1.807) is 0 Å². The summed E-state index contributed by atoms with van der Waals surface area (Å²) in [6.45, 7) is 0. The molecule has 0 amide bonds. The molecule has 0 aliphatic heterocycles. The van der Waals surface area contributed by atoms with E-state index >= 15 is 0 Å². The number of para-hydroxylation sites is 2. The monoisotopic (exact) mass is 587 g/mol. The molecule has 0 aliphatic carbocycles. The van der Waals surface area contributed by atoms with Crippen molar-refractivity contribution >= 4 is 60.5 Å². The number of hydrogen-bond donors (Lipinski definition) is 0. The molecule has 0 bridgehead atoms. The molecular weight excluding hydrogens is 558 g/mol. The maximum absolute atomic E-state index is 6.36. The second-order valence-electron chi connectivity index (χ2n) is 11.7. The maximum atomic E-state index is 6.36. The third-order valence-electron chi connectivity index (χ3n) is 9.06. The van der Waals surface area contributed by atoms with Crippen molar-refractivity contribution in [2.75, 3.05) is 4.90 Å². The Morgan fingerprint density at radius 3 is 1.63 bits per heavy atom. The molecule has 0 atom stereocenters. The van der Waals surface area contributed by atoms with Gasteiger partial charge in [-0.1, -0.05) is 127 Å². The third kappa shape index (κ3) is 4.35. The summed E-state index contributed by atoms with van der Waals surface area (Å²) in [5, 5.41) is 7.28. The molecule has 0 fully saturated rings. The molecule has 2 nitrogen and oxygen atoms in total. The van der Waals surface area contributed by atoms with Gasteiger partial charge in [-0.05, 0) is 92.3 Å². The highest BCUT2D eigenvalue weighted by Gasteiger charge is 2.17. The zero-order valence-corrected chi connectivity index (χ0v) is 25.1. The molecule has 0 saturated carbocycles. The summed E-state index contributed by atoms with van der Waals surface area (Å²) in [7, 11) is 0. The lowest BCUT2D eigenvalue weighted by Crippen LogP contribution is -2.09. The molecular formula is C44H29NO. The largest absolute Gasteiger partial charge is 0.456 e. The summed E-state index contributed by atoms with van der Waals surface area (Å²) in [5.41, 5.74) is 9.92. The second kappa shape index (κ2) is 10.8. The van der Waals surface area contributed by atoms with Crippen molar-refractivity contribution in [1.29, 1.82) is 0 Å². The summed E-state index contributed by atoms with van der Waals surface area (Å²) in [4.78, 5) is 2.32. The molecule has 216 valence electrons. The summed E-state index contributed by atoms with van der Waals surface area (Å²) in [5.74, 6) is 0. The van der Waals surface area contributed by atoms with Gasteiger partial charge in [-0.3, -0.25) is 0 Å². The van der Waals surface area contributed by atoms with Crippen LogP contribution in [0.3, 0.4) is 0 Å². The Labute approximate surface area is 267 Å². The molecule has 1 aromatic heterocycles. The molecule has 0 unspecified atom stereocenters. The van der Waals surface area contributed by atoms with Gasteiger partial charge in [-0.15, -0.1) is 0 Å². The first kappa shape index (κ1) is 26.3. The number of nitrogens with zero attached hydrogens (tertiary/aromatic N) is 1. The molecule has 9 rings (SSSR count). The van der Waals surface area contributed by atoms with Crippen molar-refractivity contribution in [3.05, 3.63) is 176 Å². The van der Waals surface area contributed by atoms with Crippen molar-refractivity contribution in [1.82, 2.24) is 0 Å². The van der Waals surface area contributed by atoms with Gasteiger partial charge in [0.25, 0.3) is 0 Å². The molecule has 0 spiro atoms. The van der Waals surface area contributed by atoms with Crippen molar-refractivity contribution in [3.8, 4) is 22.3 Å². The Kier molecular flexibility index (Phi) is 6.17. The first-order valence-corrected chi connectivity index (χ1v) is 15.7. The quantitative estimate of drug-likeness (QED) is 0.199. The Balaban J connectivity index is 1.13. The number of hydrogen-bond acceptors (Lipinski definition) is 2. The normalized spacial score (nSPS) is 11.5. The maximum Gasteiger partial charge on any atom is 0.136 e. The minimum absolute atomic E-state index is 0.913. The minimum atomic E-state index is 0.913. The fourth-order valence-electron chi connectivity index (χ4n) is 6.91. The van der Waals surface area contributed by atoms with E-state index in [1.165, 1.54) is 43.6 Å². The van der Waals surface area contributed by atoms with E-state index < -0.39 is 0 Å². The number of benzene rings is 8. The number of fused-ring (bicyclic) bond motifs is 6. The van der Waals surface area contributed by atoms with E-state index in [-0.39, 0.29) is 0 Å². The lowest BCUT2D eigenvalue weighted by atomic mass is 9.94. The predicted octanol–water partition coefficient (Wildman–Crippen LogP) is 12.7. The van der Waals surface area contributed by atoms with Gasteiger partial charge in [-0.25, -0.2) is 0 Å². The number of rotatable bonds is 5. The van der Waals surface area contributed by atoms with Gasteiger partial charge in [0.1, 0.15) is 11.2 Å². The summed E-state index contributed by atoms with van der Waals surface area (Å²) in [6.07, 6.45) is 0. The van der Waals surface area contributed by atoms with E-state index in [4.69, 9.17) is 4.42 Å². The second-order valence-corrected chi connectivity index (χ2v) is 11.7. The standard InChI is InChI=1S/C44H29NO/c1-2-13-33(14-3-1)45(34-25-21-31(22-26-34)37-19-10-12-30-11-4-5-15-36(30)37)35-27-23-32(24-28-35)41-29-43-44(39-17-7-6-16-38(39)41)40-18-8-9-20-42(40)46-43/h1-29H. The highest BCUT2D eigenvalue weighted by atomic mass is 16.3. The topological polar surface area (TPSA) is 16.4 Å². The van der Waals surface area contributed by atoms with E-state index in [0.717, 1.165) is 39.2 Å². The molecule has 8 aromatic carbocycles. The van der Waals surface area contributed by atoms with Crippen LogP contribution in [0.15, 0.2) is 180 Å². The first-order valence-electron chi connectivity index (χ1n) is 15.7. The third-order valence-corrected chi connectivity index (χ3v) is 9.06. The van der Waals surface area contributed by atoms with Gasteiger partial charge >= 0.3 is 0 Å². The van der Waals surface area contributed by atoms with Gasteiger partial charge in [0.05, 0.1) is 0 Å². The lowest BCUT2D eigenvalue weighted by Gasteiger charge is -2.26. The van der Waals surface area contributed by atoms with Crippen molar-refractivity contribution < 1.29 is 4.42 Å². The number of anilines is 3. The Morgan fingerprint density at radius 1 is 0.348 bits per heavy atom. The zero-order chi connectivity index (χ0) is 30.5. The van der Waals surface area contributed by atoms with Crippen molar-refractivity contribution in [2.45, 2.75) is 0 Å². The fourth-order valence-corrected chi connectivity index (χ4v) is 6.91. The summed E-state index contributed by atoms with van der Waals surface area (Å²) in [6, 6.07) is 62.6. The van der Waals surface area contributed by atoms with E-state index in [1.807, 2.05) is 12.1 Å². The number of furan rings is 1. The predicted molar refractivity (Wildman–Crippen MR) is 194 cm³/mol. The van der Waals surface area contributed by atoms with Crippen LogP contribution in [0.25, 0.3) is 65.7 Å². The van der Waals surface area contributed by atoms with E-state index in [2.05, 4.69) is 169 Å².